The average Bonchev–Trinajstić information content (AvgIpc) is 3.46. The molecule has 2 aromatic rings. The minimum Gasteiger partial charge on any atom is -0.442 e. The van der Waals surface area contributed by atoms with Gasteiger partial charge in [0.1, 0.15) is 23.8 Å². The molecule has 2 saturated heterocycles. The minimum atomic E-state index is -0.792. The van der Waals surface area contributed by atoms with Crippen LogP contribution in [0.1, 0.15) is 13.8 Å². The Morgan fingerprint density at radius 1 is 0.775 bits per heavy atom. The van der Waals surface area contributed by atoms with Gasteiger partial charge in [0.2, 0.25) is 17.7 Å². The number of carbonyl (C=O) groups is 5. The van der Waals surface area contributed by atoms with Crippen LogP contribution in [0.15, 0.2) is 36.4 Å². The zero-order chi connectivity index (χ0) is 29.0. The highest BCUT2D eigenvalue weighted by molar-refractivity contribution is 5.91. The maximum absolute atomic E-state index is 15.1. The number of benzene rings is 2. The van der Waals surface area contributed by atoms with Crippen LogP contribution >= 0.6 is 0 Å². The third-order valence-electron chi connectivity index (χ3n) is 6.17. The molecule has 2 heterocycles. The van der Waals surface area contributed by atoms with E-state index in [0.29, 0.717) is 0 Å². The maximum atomic E-state index is 15.1. The lowest BCUT2D eigenvalue weighted by Crippen LogP contribution is -2.40. The lowest BCUT2D eigenvalue weighted by molar-refractivity contribution is -0.125. The number of carbonyl (C=O) groups excluding carboxylic acids is 5. The lowest BCUT2D eigenvalue weighted by atomic mass is 10.0. The Bertz CT molecular complexity index is 1350. The molecular weight excluding hydrogens is 532 g/mol. The number of anilines is 2. The summed E-state index contributed by atoms with van der Waals surface area (Å²) in [4.78, 5) is 60.7. The van der Waals surface area contributed by atoms with E-state index in [0.717, 1.165) is 12.1 Å². The fraction of sp³-hybridized carbons (Fsp3) is 0.346. The molecule has 0 aliphatic carbocycles. The van der Waals surface area contributed by atoms with E-state index in [4.69, 9.17) is 9.47 Å². The summed E-state index contributed by atoms with van der Waals surface area (Å²) in [7, 11) is 0. The van der Waals surface area contributed by atoms with Gasteiger partial charge in [0, 0.05) is 25.0 Å². The van der Waals surface area contributed by atoms with Crippen molar-refractivity contribution in [3.05, 3.63) is 48.0 Å². The Morgan fingerprint density at radius 3 is 1.65 bits per heavy atom. The summed E-state index contributed by atoms with van der Waals surface area (Å²) in [6.45, 7) is 2.65. The van der Waals surface area contributed by atoms with Crippen molar-refractivity contribution in [2.24, 2.45) is 0 Å². The summed E-state index contributed by atoms with van der Waals surface area (Å²) in [6, 6.07) is 7.72. The van der Waals surface area contributed by atoms with Gasteiger partial charge in [-0.15, -0.1) is 0 Å². The Balaban J connectivity index is 1.40. The summed E-state index contributed by atoms with van der Waals surface area (Å²) < 4.78 is 40.6. The van der Waals surface area contributed by atoms with E-state index in [1.165, 1.54) is 47.9 Å². The monoisotopic (exact) mass is 559 g/mol. The number of amides is 5. The van der Waals surface area contributed by atoms with Crippen LogP contribution in [0.25, 0.3) is 11.1 Å². The van der Waals surface area contributed by atoms with Gasteiger partial charge in [-0.1, -0.05) is 0 Å². The molecule has 2 fully saturated rings. The average molecular weight is 560 g/mol. The van der Waals surface area contributed by atoms with E-state index < -0.39 is 41.9 Å². The van der Waals surface area contributed by atoms with E-state index in [-0.39, 0.29) is 67.0 Å². The van der Waals surface area contributed by atoms with Crippen molar-refractivity contribution in [1.82, 2.24) is 16.0 Å². The van der Waals surface area contributed by atoms with Crippen LogP contribution in [0.3, 0.4) is 0 Å². The molecule has 212 valence electrons. The molecule has 0 aromatic heterocycles. The Morgan fingerprint density at radius 2 is 1.23 bits per heavy atom. The van der Waals surface area contributed by atoms with E-state index in [1.807, 2.05) is 0 Å². The van der Waals surface area contributed by atoms with Gasteiger partial charge < -0.3 is 25.4 Å². The summed E-state index contributed by atoms with van der Waals surface area (Å²) >= 11 is 0. The highest BCUT2D eigenvalue weighted by Gasteiger charge is 2.34. The molecule has 12 nitrogen and oxygen atoms in total. The Hall–Kier alpha value is -4.75. The van der Waals surface area contributed by atoms with Crippen LogP contribution in [0.2, 0.25) is 0 Å². The number of cyclic esters (lactones) is 2. The van der Waals surface area contributed by atoms with Gasteiger partial charge in [0.25, 0.3) is 0 Å². The van der Waals surface area contributed by atoms with Gasteiger partial charge in [-0.05, 0) is 36.4 Å². The van der Waals surface area contributed by atoms with Crippen LogP contribution in [-0.2, 0) is 23.9 Å². The number of ether oxygens (including phenoxy) is 2. The smallest absolute Gasteiger partial charge is 0.414 e. The second-order valence-electron chi connectivity index (χ2n) is 9.21. The van der Waals surface area contributed by atoms with Gasteiger partial charge in [0.05, 0.1) is 44.1 Å². The number of rotatable bonds is 9. The Kier molecular flexibility index (Phi) is 8.46. The zero-order valence-electron chi connectivity index (χ0n) is 21.7. The van der Waals surface area contributed by atoms with Crippen molar-refractivity contribution in [2.45, 2.75) is 26.1 Å². The predicted octanol–water partition coefficient (Wildman–Crippen LogP) is 1.67. The highest BCUT2D eigenvalue weighted by Crippen LogP contribution is 2.33. The molecule has 0 bridgehead atoms. The molecule has 0 saturated carbocycles. The summed E-state index contributed by atoms with van der Waals surface area (Å²) in [5, 5.41) is 7.44. The van der Waals surface area contributed by atoms with Gasteiger partial charge in [-0.2, -0.15) is 0 Å². The van der Waals surface area contributed by atoms with Crippen LogP contribution in [0.5, 0.6) is 0 Å². The first kappa shape index (κ1) is 28.3. The topological polar surface area (TPSA) is 146 Å². The van der Waals surface area contributed by atoms with Crippen molar-refractivity contribution < 1.29 is 42.2 Å². The van der Waals surface area contributed by atoms with E-state index >= 15 is 8.78 Å². The van der Waals surface area contributed by atoms with E-state index in [2.05, 4.69) is 16.0 Å². The summed E-state index contributed by atoms with van der Waals surface area (Å²) in [6.07, 6.45) is -2.73. The molecule has 14 heteroatoms. The second kappa shape index (κ2) is 12.0. The van der Waals surface area contributed by atoms with E-state index in [1.54, 1.807) is 0 Å². The third kappa shape index (κ3) is 6.62. The largest absolute Gasteiger partial charge is 0.442 e. The molecule has 2 aliphatic heterocycles. The number of hydrogen-bond donors (Lipinski definition) is 3. The lowest BCUT2D eigenvalue weighted by Gasteiger charge is -2.16. The number of hydrogen-bond acceptors (Lipinski definition) is 7. The minimum absolute atomic E-state index is 0.00265. The molecular formula is C26H27F2N5O7. The van der Waals surface area contributed by atoms with E-state index in [9.17, 15) is 24.0 Å². The molecule has 40 heavy (non-hydrogen) atoms. The summed E-state index contributed by atoms with van der Waals surface area (Å²) in [5.41, 5.74) is 0.276. The second-order valence-corrected chi connectivity index (χ2v) is 9.21. The molecule has 3 N–H and O–H groups in total. The molecule has 0 unspecified atom stereocenters. The standard InChI is InChI=1S/C26H27F2N5O7/c1-14(34)29-9-18-12-32(25(37)39-18)16-3-5-20(22(27)7-16)21-6-4-17(8-23(21)28)33-13-19(40-26(33)38)10-31-24(36)11-30-15(2)35/h3-8,18-19H,9-13H2,1-2H3,(H,29,34)(H,30,35)(H,31,36)/t18-,19-/m0/s1. The molecule has 0 radical (unpaired) electrons. The zero-order valence-corrected chi connectivity index (χ0v) is 21.7. The van der Waals surface area contributed by atoms with Gasteiger partial charge in [-0.25, -0.2) is 18.4 Å². The van der Waals surface area contributed by atoms with Crippen LogP contribution in [0.4, 0.5) is 29.7 Å². The molecule has 5 amide bonds. The van der Waals surface area contributed by atoms with Gasteiger partial charge >= 0.3 is 12.2 Å². The van der Waals surface area contributed by atoms with Crippen LogP contribution in [-0.4, -0.2) is 74.8 Å². The van der Waals surface area contributed by atoms with Crippen LogP contribution < -0.4 is 25.8 Å². The first-order valence-corrected chi connectivity index (χ1v) is 12.3. The SMILES string of the molecule is CC(=O)NCC(=O)NC[C@H]1CN(c2ccc(-c3ccc(N4C[C@H](CNC(C)=O)OC4=O)cc3F)c(F)c2)C(=O)O1. The third-order valence-corrected chi connectivity index (χ3v) is 6.17. The van der Waals surface area contributed by atoms with Crippen molar-refractivity contribution in [2.75, 3.05) is 42.5 Å². The highest BCUT2D eigenvalue weighted by atomic mass is 19.1. The van der Waals surface area contributed by atoms with Crippen molar-refractivity contribution in [3.63, 3.8) is 0 Å². The fourth-order valence-electron chi connectivity index (χ4n) is 4.21. The first-order chi connectivity index (χ1) is 19.0. The van der Waals surface area contributed by atoms with Crippen molar-refractivity contribution >= 4 is 41.3 Å². The number of nitrogens with zero attached hydrogens (tertiary/aromatic N) is 2. The predicted molar refractivity (Wildman–Crippen MR) is 137 cm³/mol. The van der Waals surface area contributed by atoms with Gasteiger partial charge in [0.15, 0.2) is 0 Å². The molecule has 2 atom stereocenters. The van der Waals surface area contributed by atoms with Crippen molar-refractivity contribution in [3.8, 4) is 11.1 Å². The Labute approximate surface area is 227 Å². The fourth-order valence-corrected chi connectivity index (χ4v) is 4.21. The summed E-state index contributed by atoms with van der Waals surface area (Å²) in [5.74, 6) is -2.67. The number of nitrogens with one attached hydrogen (secondary N) is 3. The molecule has 0 spiro atoms. The van der Waals surface area contributed by atoms with Crippen LogP contribution in [0, 0.1) is 11.6 Å². The first-order valence-electron chi connectivity index (χ1n) is 12.3. The normalized spacial score (nSPS) is 18.3. The molecule has 4 rings (SSSR count). The molecule has 2 aromatic carbocycles. The van der Waals surface area contributed by atoms with Crippen molar-refractivity contribution in [1.29, 1.82) is 0 Å². The maximum Gasteiger partial charge on any atom is 0.414 e. The quantitative estimate of drug-likeness (QED) is 0.424. The number of halogens is 2. The molecule has 2 aliphatic rings. The van der Waals surface area contributed by atoms with Gasteiger partial charge in [-0.3, -0.25) is 24.2 Å².